The second-order valence-electron chi connectivity index (χ2n) is 5.89. The summed E-state index contributed by atoms with van der Waals surface area (Å²) in [5, 5.41) is 9.49. The van der Waals surface area contributed by atoms with Gasteiger partial charge in [0.05, 0.1) is 19.4 Å². The number of hydrogen-bond donors (Lipinski definition) is 1. The minimum atomic E-state index is -0.966. The SMILES string of the molecule is O=C(O)[C@H]1CN(C(=O)OCc2ccccc2)CCN1Cc1ccco1. The number of hydrogen-bond acceptors (Lipinski definition) is 5. The topological polar surface area (TPSA) is 83.2 Å². The lowest BCUT2D eigenvalue weighted by atomic mass is 10.1. The van der Waals surface area contributed by atoms with Gasteiger partial charge in [-0.15, -0.1) is 0 Å². The van der Waals surface area contributed by atoms with Crippen LogP contribution in [0.5, 0.6) is 0 Å². The van der Waals surface area contributed by atoms with Crippen molar-refractivity contribution in [1.82, 2.24) is 9.80 Å². The summed E-state index contributed by atoms with van der Waals surface area (Å²) >= 11 is 0. The normalized spacial score (nSPS) is 18.1. The molecule has 1 atom stereocenters. The van der Waals surface area contributed by atoms with E-state index in [1.807, 2.05) is 30.3 Å². The van der Waals surface area contributed by atoms with Crippen molar-refractivity contribution >= 4 is 12.1 Å². The first kappa shape index (κ1) is 17.0. The lowest BCUT2D eigenvalue weighted by molar-refractivity contribution is -0.145. The molecular weight excluding hydrogens is 324 g/mol. The molecule has 25 heavy (non-hydrogen) atoms. The standard InChI is InChI=1S/C18H20N2O5/c21-17(22)16-12-20(9-8-19(16)11-15-7-4-10-24-15)18(23)25-13-14-5-2-1-3-6-14/h1-7,10,16H,8-9,11-13H2,(H,21,22)/t16-/m1/s1. The van der Waals surface area contributed by atoms with Crippen LogP contribution in [0.4, 0.5) is 4.79 Å². The Morgan fingerprint density at radius 1 is 1.16 bits per heavy atom. The van der Waals surface area contributed by atoms with E-state index in [1.54, 1.807) is 23.3 Å². The molecule has 1 N–H and O–H groups in total. The molecule has 0 saturated carbocycles. The van der Waals surface area contributed by atoms with Crippen LogP contribution >= 0.6 is 0 Å². The number of carboxylic acids is 1. The first-order valence-electron chi connectivity index (χ1n) is 8.08. The Balaban J connectivity index is 1.57. The number of nitrogens with zero attached hydrogens (tertiary/aromatic N) is 2. The minimum absolute atomic E-state index is 0.0870. The van der Waals surface area contributed by atoms with E-state index in [0.29, 0.717) is 25.4 Å². The summed E-state index contributed by atoms with van der Waals surface area (Å²) in [6.07, 6.45) is 1.07. The number of amides is 1. The molecular formula is C18H20N2O5. The van der Waals surface area contributed by atoms with Gasteiger partial charge in [0.25, 0.3) is 0 Å². The first-order valence-corrected chi connectivity index (χ1v) is 8.08. The predicted octanol–water partition coefficient (Wildman–Crippen LogP) is 2.19. The van der Waals surface area contributed by atoms with Crippen LogP contribution in [0.15, 0.2) is 53.1 Å². The predicted molar refractivity (Wildman–Crippen MR) is 88.7 cm³/mol. The van der Waals surface area contributed by atoms with Gasteiger partial charge >= 0.3 is 12.1 Å². The molecule has 7 heteroatoms. The van der Waals surface area contributed by atoms with E-state index < -0.39 is 18.1 Å². The van der Waals surface area contributed by atoms with Gasteiger partial charge in [-0.1, -0.05) is 30.3 Å². The molecule has 1 saturated heterocycles. The number of carboxylic acid groups (broad SMARTS) is 1. The van der Waals surface area contributed by atoms with E-state index in [2.05, 4.69) is 0 Å². The van der Waals surface area contributed by atoms with Gasteiger partial charge in [-0.3, -0.25) is 9.69 Å². The molecule has 0 aliphatic carbocycles. The molecule has 1 aromatic carbocycles. The molecule has 132 valence electrons. The number of piperazine rings is 1. The Labute approximate surface area is 145 Å². The molecule has 1 fully saturated rings. The van der Waals surface area contributed by atoms with Crippen LogP contribution in [-0.4, -0.2) is 52.6 Å². The molecule has 1 aliphatic heterocycles. The van der Waals surface area contributed by atoms with Gasteiger partial charge in [-0.25, -0.2) is 4.79 Å². The zero-order valence-electron chi connectivity index (χ0n) is 13.7. The molecule has 1 aromatic heterocycles. The zero-order chi connectivity index (χ0) is 17.6. The monoisotopic (exact) mass is 344 g/mol. The number of benzene rings is 1. The van der Waals surface area contributed by atoms with Crippen molar-refractivity contribution in [3.63, 3.8) is 0 Å². The van der Waals surface area contributed by atoms with Crippen molar-refractivity contribution < 1.29 is 23.8 Å². The molecule has 1 aliphatic rings. The molecule has 0 unspecified atom stereocenters. The van der Waals surface area contributed by atoms with Gasteiger partial charge in [0.2, 0.25) is 0 Å². The lowest BCUT2D eigenvalue weighted by Gasteiger charge is -2.38. The first-order chi connectivity index (χ1) is 12.1. The maximum Gasteiger partial charge on any atom is 0.410 e. The fourth-order valence-electron chi connectivity index (χ4n) is 2.82. The van der Waals surface area contributed by atoms with Gasteiger partial charge in [-0.2, -0.15) is 0 Å². The van der Waals surface area contributed by atoms with Crippen molar-refractivity contribution in [3.05, 3.63) is 60.1 Å². The third kappa shape index (κ3) is 4.39. The molecule has 1 amide bonds. The Morgan fingerprint density at radius 2 is 1.96 bits per heavy atom. The Kier molecular flexibility index (Phi) is 5.35. The Morgan fingerprint density at radius 3 is 2.64 bits per heavy atom. The van der Waals surface area contributed by atoms with Crippen molar-refractivity contribution in [1.29, 1.82) is 0 Å². The van der Waals surface area contributed by atoms with Gasteiger partial charge in [0, 0.05) is 13.1 Å². The van der Waals surface area contributed by atoms with Crippen LogP contribution in [0.2, 0.25) is 0 Å². The fraction of sp³-hybridized carbons (Fsp3) is 0.333. The molecule has 2 heterocycles. The molecule has 3 rings (SSSR count). The third-order valence-corrected chi connectivity index (χ3v) is 4.18. The minimum Gasteiger partial charge on any atom is -0.480 e. The highest BCUT2D eigenvalue weighted by atomic mass is 16.6. The maximum absolute atomic E-state index is 12.2. The van der Waals surface area contributed by atoms with Crippen LogP contribution in [-0.2, 0) is 22.7 Å². The van der Waals surface area contributed by atoms with Gasteiger partial charge < -0.3 is 19.2 Å². The van der Waals surface area contributed by atoms with Crippen molar-refractivity contribution in [2.45, 2.75) is 19.2 Å². The molecule has 7 nitrogen and oxygen atoms in total. The van der Waals surface area contributed by atoms with E-state index in [9.17, 15) is 14.7 Å². The van der Waals surface area contributed by atoms with Gasteiger partial charge in [-0.05, 0) is 17.7 Å². The largest absolute Gasteiger partial charge is 0.480 e. The quantitative estimate of drug-likeness (QED) is 0.895. The summed E-state index contributed by atoms with van der Waals surface area (Å²) in [6, 6.07) is 12.2. The second-order valence-corrected chi connectivity index (χ2v) is 5.89. The van der Waals surface area contributed by atoms with E-state index in [4.69, 9.17) is 9.15 Å². The Hall–Kier alpha value is -2.80. The third-order valence-electron chi connectivity index (χ3n) is 4.18. The summed E-state index contributed by atoms with van der Waals surface area (Å²) < 4.78 is 10.6. The van der Waals surface area contributed by atoms with Crippen LogP contribution < -0.4 is 0 Å². The van der Waals surface area contributed by atoms with Gasteiger partial charge in [0.15, 0.2) is 0 Å². The summed E-state index contributed by atoms with van der Waals surface area (Å²) in [6.45, 7) is 1.51. The van der Waals surface area contributed by atoms with Crippen LogP contribution in [0.3, 0.4) is 0 Å². The summed E-state index contributed by atoms with van der Waals surface area (Å²) in [4.78, 5) is 27.1. The highest BCUT2D eigenvalue weighted by Crippen LogP contribution is 2.16. The second kappa shape index (κ2) is 7.85. The number of aliphatic carboxylic acids is 1. The number of rotatable bonds is 5. The molecule has 2 aromatic rings. The van der Waals surface area contributed by atoms with E-state index >= 15 is 0 Å². The zero-order valence-corrected chi connectivity index (χ0v) is 13.7. The van der Waals surface area contributed by atoms with Crippen molar-refractivity contribution in [2.75, 3.05) is 19.6 Å². The molecule has 0 bridgehead atoms. The molecule has 0 spiro atoms. The smallest absolute Gasteiger partial charge is 0.410 e. The van der Waals surface area contributed by atoms with Crippen LogP contribution in [0.25, 0.3) is 0 Å². The molecule has 0 radical (unpaired) electrons. The van der Waals surface area contributed by atoms with Crippen LogP contribution in [0.1, 0.15) is 11.3 Å². The van der Waals surface area contributed by atoms with Crippen molar-refractivity contribution in [3.8, 4) is 0 Å². The summed E-state index contributed by atoms with van der Waals surface area (Å²) in [5.74, 6) is -0.265. The average molecular weight is 344 g/mol. The number of ether oxygens (including phenoxy) is 1. The number of furan rings is 1. The van der Waals surface area contributed by atoms with Crippen LogP contribution in [0, 0.1) is 0 Å². The van der Waals surface area contributed by atoms with Crippen molar-refractivity contribution in [2.24, 2.45) is 0 Å². The number of carbonyl (C=O) groups excluding carboxylic acids is 1. The lowest BCUT2D eigenvalue weighted by Crippen LogP contribution is -2.57. The number of carbonyl (C=O) groups is 2. The highest BCUT2D eigenvalue weighted by molar-refractivity contribution is 5.76. The average Bonchev–Trinajstić information content (AvgIpc) is 3.14. The fourth-order valence-corrected chi connectivity index (χ4v) is 2.82. The highest BCUT2D eigenvalue weighted by Gasteiger charge is 2.35. The summed E-state index contributed by atoms with van der Waals surface area (Å²) in [5.41, 5.74) is 0.891. The maximum atomic E-state index is 12.2. The van der Waals surface area contributed by atoms with E-state index in [0.717, 1.165) is 5.56 Å². The van der Waals surface area contributed by atoms with E-state index in [-0.39, 0.29) is 13.2 Å². The Bertz CT molecular complexity index is 702. The van der Waals surface area contributed by atoms with E-state index in [1.165, 1.54) is 4.90 Å². The summed E-state index contributed by atoms with van der Waals surface area (Å²) in [7, 11) is 0. The van der Waals surface area contributed by atoms with Gasteiger partial charge in [0.1, 0.15) is 18.4 Å².